The van der Waals surface area contributed by atoms with Crippen LogP contribution in [0.3, 0.4) is 0 Å². The third-order valence-corrected chi connectivity index (χ3v) is 5.13. The average molecular weight is 390 g/mol. The second-order valence-corrected chi connectivity index (χ2v) is 7.10. The van der Waals surface area contributed by atoms with Crippen LogP contribution in [0.4, 0.5) is 14.5 Å². The zero-order valence-electron chi connectivity index (χ0n) is 14.1. The third kappa shape index (κ3) is 3.04. The van der Waals surface area contributed by atoms with Gasteiger partial charge < -0.3 is 9.64 Å². The maximum absolute atomic E-state index is 15.2. The van der Waals surface area contributed by atoms with E-state index in [9.17, 15) is 14.9 Å². The fourth-order valence-corrected chi connectivity index (χ4v) is 3.83. The van der Waals surface area contributed by atoms with E-state index < -0.39 is 28.7 Å². The fraction of sp³-hybridized carbons (Fsp3) is 0.562. The van der Waals surface area contributed by atoms with E-state index in [0.717, 1.165) is 4.90 Å². The first-order chi connectivity index (χ1) is 12.2. The first kappa shape index (κ1) is 18.9. The summed E-state index contributed by atoms with van der Waals surface area (Å²) in [5, 5.41) is 11.4. The zero-order valence-corrected chi connectivity index (χ0v) is 14.8. The number of hydrogen-bond donors (Lipinski definition) is 0. The molecular formula is C16H18ClF2N3O4. The molecule has 0 aliphatic carbocycles. The second-order valence-electron chi connectivity index (χ2n) is 6.66. The number of nitrogens with zero attached hydrogens (tertiary/aromatic N) is 3. The maximum atomic E-state index is 15.2. The Morgan fingerprint density at radius 2 is 2.08 bits per heavy atom. The lowest BCUT2D eigenvalue weighted by Crippen LogP contribution is -2.47. The normalized spacial score (nSPS) is 28.6. The molecule has 2 aliphatic rings. The van der Waals surface area contributed by atoms with Gasteiger partial charge in [-0.05, 0) is 12.1 Å². The molecule has 142 valence electrons. The van der Waals surface area contributed by atoms with Crippen molar-refractivity contribution in [2.75, 3.05) is 39.9 Å². The van der Waals surface area contributed by atoms with Gasteiger partial charge in [-0.25, -0.2) is 8.78 Å². The van der Waals surface area contributed by atoms with Crippen LogP contribution in [0.2, 0.25) is 5.02 Å². The van der Waals surface area contributed by atoms with Crippen molar-refractivity contribution in [2.45, 2.75) is 17.9 Å². The van der Waals surface area contributed by atoms with Crippen molar-refractivity contribution in [1.29, 1.82) is 0 Å². The van der Waals surface area contributed by atoms with Gasteiger partial charge in [0.05, 0.1) is 18.1 Å². The van der Waals surface area contributed by atoms with Gasteiger partial charge in [0.1, 0.15) is 0 Å². The van der Waals surface area contributed by atoms with Crippen LogP contribution in [0.15, 0.2) is 18.2 Å². The Hall–Kier alpha value is -1.84. The molecule has 26 heavy (non-hydrogen) atoms. The van der Waals surface area contributed by atoms with Crippen LogP contribution in [-0.2, 0) is 16.1 Å². The first-order valence-corrected chi connectivity index (χ1v) is 8.39. The number of benzene rings is 1. The molecule has 10 heteroatoms. The van der Waals surface area contributed by atoms with Crippen LogP contribution < -0.4 is 0 Å². The van der Waals surface area contributed by atoms with E-state index in [1.807, 2.05) is 0 Å². The highest BCUT2D eigenvalue weighted by Crippen LogP contribution is 2.46. The minimum atomic E-state index is -2.66. The van der Waals surface area contributed by atoms with Crippen molar-refractivity contribution < 1.29 is 23.2 Å². The SMILES string of the molecule is COCCN1C[C@@]2(F)CN(Cc3cc(Cl)ccc3[N+](=O)[O-])C[C@@]2(F)C1=O. The predicted octanol–water partition coefficient (Wildman–Crippen LogP) is 1.97. The minimum Gasteiger partial charge on any atom is -0.383 e. The van der Waals surface area contributed by atoms with Gasteiger partial charge in [-0.3, -0.25) is 19.8 Å². The monoisotopic (exact) mass is 389 g/mol. The number of alkyl halides is 2. The third-order valence-electron chi connectivity index (χ3n) is 4.89. The zero-order chi connectivity index (χ0) is 19.1. The molecule has 0 N–H and O–H groups in total. The fourth-order valence-electron chi connectivity index (χ4n) is 3.64. The molecule has 2 aliphatic heterocycles. The topological polar surface area (TPSA) is 75.9 Å². The van der Waals surface area contributed by atoms with Gasteiger partial charge in [0.15, 0.2) is 5.67 Å². The summed E-state index contributed by atoms with van der Waals surface area (Å²) in [5.74, 6) is -0.903. The standard InChI is InChI=1S/C16H18ClF2N3O4/c1-26-5-4-21-9-15(18)8-20(10-16(15,19)14(21)23)7-11-6-12(17)2-3-13(11)22(24)25/h2-3,6H,4-5,7-10H2,1H3/t15-,16+/m0/s1. The van der Waals surface area contributed by atoms with E-state index in [1.165, 1.54) is 30.2 Å². The van der Waals surface area contributed by atoms with E-state index >= 15 is 8.78 Å². The molecule has 0 radical (unpaired) electrons. The molecule has 0 aromatic heterocycles. The van der Waals surface area contributed by atoms with Crippen LogP contribution >= 0.6 is 11.6 Å². The molecule has 1 aromatic carbocycles. The number of fused-ring (bicyclic) bond motifs is 1. The van der Waals surface area contributed by atoms with Gasteiger partial charge in [0, 0.05) is 49.9 Å². The Morgan fingerprint density at radius 3 is 2.69 bits per heavy atom. The molecule has 0 spiro atoms. The number of rotatable bonds is 6. The lowest BCUT2D eigenvalue weighted by Gasteiger charge is -2.22. The second kappa shape index (κ2) is 6.71. The van der Waals surface area contributed by atoms with Crippen molar-refractivity contribution >= 4 is 23.2 Å². The number of amides is 1. The summed E-state index contributed by atoms with van der Waals surface area (Å²) < 4.78 is 35.3. The number of likely N-dealkylation sites (tertiary alicyclic amines) is 2. The van der Waals surface area contributed by atoms with E-state index in [4.69, 9.17) is 16.3 Å². The molecule has 2 heterocycles. The van der Waals surface area contributed by atoms with Gasteiger partial charge in [0.25, 0.3) is 11.6 Å². The molecule has 0 saturated carbocycles. The lowest BCUT2D eigenvalue weighted by atomic mass is 9.93. The van der Waals surface area contributed by atoms with Gasteiger partial charge in [-0.1, -0.05) is 11.6 Å². The lowest BCUT2D eigenvalue weighted by molar-refractivity contribution is -0.385. The van der Waals surface area contributed by atoms with Gasteiger partial charge in [-0.15, -0.1) is 0 Å². The Morgan fingerprint density at radius 1 is 1.35 bits per heavy atom. The highest BCUT2D eigenvalue weighted by atomic mass is 35.5. The number of halogens is 3. The molecule has 1 amide bonds. The van der Waals surface area contributed by atoms with Crippen molar-refractivity contribution in [1.82, 2.24) is 9.80 Å². The molecule has 2 saturated heterocycles. The smallest absolute Gasteiger partial charge is 0.273 e. The molecule has 0 unspecified atom stereocenters. The molecular weight excluding hydrogens is 372 g/mol. The number of carbonyl (C=O) groups excluding carboxylic acids is 1. The van der Waals surface area contributed by atoms with Crippen LogP contribution in [0.5, 0.6) is 0 Å². The van der Waals surface area contributed by atoms with Crippen molar-refractivity contribution in [2.24, 2.45) is 0 Å². The summed E-state index contributed by atoms with van der Waals surface area (Å²) in [7, 11) is 1.44. The largest absolute Gasteiger partial charge is 0.383 e. The maximum Gasteiger partial charge on any atom is 0.273 e. The predicted molar refractivity (Wildman–Crippen MR) is 89.5 cm³/mol. The van der Waals surface area contributed by atoms with Crippen LogP contribution in [0.25, 0.3) is 0 Å². The minimum absolute atomic E-state index is 0.0699. The summed E-state index contributed by atoms with van der Waals surface area (Å²) in [6.07, 6.45) is 0. The molecule has 2 atom stereocenters. The van der Waals surface area contributed by atoms with Crippen LogP contribution in [-0.4, -0.2) is 71.9 Å². The quantitative estimate of drug-likeness (QED) is 0.549. The average Bonchev–Trinajstić information content (AvgIpc) is 2.90. The Bertz CT molecular complexity index is 752. The van der Waals surface area contributed by atoms with Gasteiger partial charge >= 0.3 is 0 Å². The van der Waals surface area contributed by atoms with E-state index in [-0.39, 0.29) is 49.1 Å². The molecule has 1 aromatic rings. The summed E-state index contributed by atoms with van der Waals surface area (Å²) in [5.41, 5.74) is -4.95. The van der Waals surface area contributed by atoms with Crippen molar-refractivity contribution in [3.63, 3.8) is 0 Å². The summed E-state index contributed by atoms with van der Waals surface area (Å²) in [4.78, 5) is 25.4. The van der Waals surface area contributed by atoms with E-state index in [1.54, 1.807) is 0 Å². The highest BCUT2D eigenvalue weighted by molar-refractivity contribution is 6.30. The number of hydrogen-bond acceptors (Lipinski definition) is 5. The van der Waals surface area contributed by atoms with Crippen molar-refractivity contribution in [3.8, 4) is 0 Å². The summed E-state index contributed by atoms with van der Waals surface area (Å²) in [6, 6.07) is 4.03. The number of ether oxygens (including phenoxy) is 1. The summed E-state index contributed by atoms with van der Waals surface area (Å²) >= 11 is 5.89. The Balaban J connectivity index is 1.79. The molecule has 0 bridgehead atoms. The first-order valence-electron chi connectivity index (χ1n) is 8.01. The number of nitro benzene ring substituents is 1. The van der Waals surface area contributed by atoms with Gasteiger partial charge in [-0.2, -0.15) is 0 Å². The highest BCUT2D eigenvalue weighted by Gasteiger charge is 2.70. The molecule has 3 rings (SSSR count). The van der Waals surface area contributed by atoms with E-state index in [0.29, 0.717) is 0 Å². The molecule has 7 nitrogen and oxygen atoms in total. The number of nitro groups is 1. The van der Waals surface area contributed by atoms with Gasteiger partial charge in [0.2, 0.25) is 5.67 Å². The van der Waals surface area contributed by atoms with Crippen molar-refractivity contribution in [3.05, 3.63) is 38.9 Å². The Kier molecular flexibility index (Phi) is 4.89. The molecule has 2 fully saturated rings. The van der Waals surface area contributed by atoms with Crippen LogP contribution in [0.1, 0.15) is 5.56 Å². The number of methoxy groups -OCH3 is 1. The Labute approximate surface area is 153 Å². The van der Waals surface area contributed by atoms with E-state index in [2.05, 4.69) is 0 Å². The number of carbonyl (C=O) groups is 1. The van der Waals surface area contributed by atoms with Crippen LogP contribution in [0, 0.1) is 10.1 Å². The summed E-state index contributed by atoms with van der Waals surface area (Å²) in [6.45, 7) is -0.917.